The van der Waals surface area contributed by atoms with Crippen LogP contribution in [0.1, 0.15) is 34.9 Å². The molecule has 4 nitrogen and oxygen atoms in total. The number of hydrogen-bond donors (Lipinski definition) is 2. The van der Waals surface area contributed by atoms with E-state index < -0.39 is 0 Å². The minimum absolute atomic E-state index is 0.262. The first-order chi connectivity index (χ1) is 9.56. The predicted molar refractivity (Wildman–Crippen MR) is 76.2 cm³/mol. The van der Waals surface area contributed by atoms with Gasteiger partial charge in [0.2, 0.25) is 0 Å². The first-order valence-corrected chi connectivity index (χ1v) is 6.60. The number of amides is 1. The minimum atomic E-state index is -0.333. The average Bonchev–Trinajstić information content (AvgIpc) is 3.18. The van der Waals surface area contributed by atoms with Gasteiger partial charge in [0, 0.05) is 23.5 Å². The minimum Gasteiger partial charge on any atom is -0.397 e. The molecule has 1 amide bonds. The summed E-state index contributed by atoms with van der Waals surface area (Å²) < 4.78 is 15.4. The van der Waals surface area contributed by atoms with E-state index in [0.29, 0.717) is 28.7 Å². The lowest BCUT2D eigenvalue weighted by Gasteiger charge is -2.10. The Morgan fingerprint density at radius 3 is 2.90 bits per heavy atom. The highest BCUT2D eigenvalue weighted by atomic mass is 19.1. The van der Waals surface area contributed by atoms with Gasteiger partial charge >= 0.3 is 0 Å². The Hall–Kier alpha value is -2.30. The third-order valence-electron chi connectivity index (χ3n) is 3.56. The van der Waals surface area contributed by atoms with E-state index in [1.165, 1.54) is 6.07 Å². The summed E-state index contributed by atoms with van der Waals surface area (Å²) in [6, 6.07) is 6.65. The van der Waals surface area contributed by atoms with Crippen molar-refractivity contribution in [3.05, 3.63) is 47.5 Å². The molecule has 1 aliphatic rings. The van der Waals surface area contributed by atoms with Crippen LogP contribution in [0.15, 0.2) is 30.5 Å². The van der Waals surface area contributed by atoms with Crippen LogP contribution < -0.4 is 11.1 Å². The smallest absolute Gasteiger partial charge is 0.272 e. The monoisotopic (exact) mass is 273 g/mol. The Morgan fingerprint density at radius 1 is 1.45 bits per heavy atom. The third kappa shape index (κ3) is 2.27. The number of nitrogens with one attached hydrogen (secondary N) is 1. The van der Waals surface area contributed by atoms with E-state index in [1.54, 1.807) is 31.3 Å². The molecule has 0 unspecified atom stereocenters. The number of aromatic nitrogens is 1. The summed E-state index contributed by atoms with van der Waals surface area (Å²) in [6.45, 7) is 1.64. The predicted octanol–water partition coefficient (Wildman–Crippen LogP) is 3.11. The van der Waals surface area contributed by atoms with Gasteiger partial charge in [0.05, 0.1) is 5.69 Å². The molecule has 5 heteroatoms. The van der Waals surface area contributed by atoms with E-state index in [-0.39, 0.29) is 11.7 Å². The van der Waals surface area contributed by atoms with Crippen molar-refractivity contribution in [3.8, 4) is 0 Å². The van der Waals surface area contributed by atoms with Crippen LogP contribution in [-0.2, 0) is 0 Å². The molecule has 1 aliphatic carbocycles. The first kappa shape index (κ1) is 12.7. The number of halogens is 1. The molecule has 3 rings (SSSR count). The van der Waals surface area contributed by atoms with Crippen LogP contribution in [0.2, 0.25) is 0 Å². The molecule has 0 bridgehead atoms. The zero-order valence-corrected chi connectivity index (χ0v) is 11.2. The largest absolute Gasteiger partial charge is 0.397 e. The lowest BCUT2D eigenvalue weighted by Crippen LogP contribution is -2.17. The second-order valence-electron chi connectivity index (χ2n) is 5.16. The van der Waals surface area contributed by atoms with Gasteiger partial charge in [-0.2, -0.15) is 0 Å². The molecule has 1 fully saturated rings. The van der Waals surface area contributed by atoms with Crippen molar-refractivity contribution in [2.24, 2.45) is 0 Å². The Bertz CT molecular complexity index is 674. The molecule has 1 heterocycles. The normalized spacial score (nSPS) is 14.3. The molecule has 0 radical (unpaired) electrons. The lowest BCUT2D eigenvalue weighted by atomic mass is 10.2. The van der Waals surface area contributed by atoms with E-state index in [9.17, 15) is 9.18 Å². The maximum atomic E-state index is 13.5. The number of hydrogen-bond acceptors (Lipinski definition) is 2. The number of nitrogens with zero attached hydrogens (tertiary/aromatic N) is 1. The highest BCUT2D eigenvalue weighted by molar-refractivity contribution is 6.04. The van der Waals surface area contributed by atoms with E-state index in [0.717, 1.165) is 12.8 Å². The Morgan fingerprint density at radius 2 is 2.20 bits per heavy atom. The second kappa shape index (κ2) is 4.67. The van der Waals surface area contributed by atoms with Crippen LogP contribution in [0.4, 0.5) is 15.8 Å². The number of carbonyl (C=O) groups is 1. The Kier molecular flexibility index (Phi) is 2.97. The summed E-state index contributed by atoms with van der Waals surface area (Å²) in [6.07, 6.45) is 3.91. The average molecular weight is 273 g/mol. The van der Waals surface area contributed by atoms with Gasteiger partial charge in [-0.15, -0.1) is 0 Å². The molecule has 1 aromatic carbocycles. The Balaban J connectivity index is 1.88. The van der Waals surface area contributed by atoms with Crippen LogP contribution in [0.25, 0.3) is 0 Å². The van der Waals surface area contributed by atoms with Crippen molar-refractivity contribution in [2.75, 3.05) is 11.1 Å². The fraction of sp³-hybridized carbons (Fsp3) is 0.267. The maximum Gasteiger partial charge on any atom is 0.272 e. The van der Waals surface area contributed by atoms with Crippen molar-refractivity contribution in [2.45, 2.75) is 25.8 Å². The molecule has 3 N–H and O–H groups in total. The van der Waals surface area contributed by atoms with Crippen LogP contribution in [0, 0.1) is 12.7 Å². The van der Waals surface area contributed by atoms with E-state index in [2.05, 4.69) is 5.32 Å². The molecule has 1 saturated carbocycles. The quantitative estimate of drug-likeness (QED) is 0.902. The SMILES string of the molecule is Cc1c(F)cccc1NC(=O)c1cc(N)cn1C1CC1. The molecule has 20 heavy (non-hydrogen) atoms. The van der Waals surface area contributed by atoms with Gasteiger partial charge < -0.3 is 15.6 Å². The van der Waals surface area contributed by atoms with Crippen LogP contribution in [0.3, 0.4) is 0 Å². The molecule has 0 saturated heterocycles. The highest BCUT2D eigenvalue weighted by Gasteiger charge is 2.27. The van der Waals surface area contributed by atoms with Gasteiger partial charge in [0.1, 0.15) is 11.5 Å². The molecule has 0 spiro atoms. The second-order valence-corrected chi connectivity index (χ2v) is 5.16. The summed E-state index contributed by atoms with van der Waals surface area (Å²) in [5.41, 5.74) is 7.77. The van der Waals surface area contributed by atoms with Gasteiger partial charge in [-0.3, -0.25) is 4.79 Å². The van der Waals surface area contributed by atoms with E-state index in [1.807, 2.05) is 4.57 Å². The van der Waals surface area contributed by atoms with E-state index in [4.69, 9.17) is 5.73 Å². The van der Waals surface area contributed by atoms with Crippen molar-refractivity contribution in [1.29, 1.82) is 0 Å². The van der Waals surface area contributed by atoms with Crippen LogP contribution in [-0.4, -0.2) is 10.5 Å². The van der Waals surface area contributed by atoms with Gasteiger partial charge in [0.15, 0.2) is 0 Å². The third-order valence-corrected chi connectivity index (χ3v) is 3.56. The van der Waals surface area contributed by atoms with Gasteiger partial charge in [-0.1, -0.05) is 6.07 Å². The highest BCUT2D eigenvalue weighted by Crippen LogP contribution is 2.37. The summed E-state index contributed by atoms with van der Waals surface area (Å²) >= 11 is 0. The van der Waals surface area contributed by atoms with Crippen molar-refractivity contribution in [3.63, 3.8) is 0 Å². The number of anilines is 2. The van der Waals surface area contributed by atoms with Gasteiger partial charge in [-0.25, -0.2) is 4.39 Å². The molecule has 2 aromatic rings. The molecule has 0 atom stereocenters. The fourth-order valence-electron chi connectivity index (χ4n) is 2.27. The number of nitrogen functional groups attached to an aromatic ring is 1. The number of benzene rings is 1. The molecule has 1 aromatic heterocycles. The summed E-state index contributed by atoms with van der Waals surface area (Å²) in [5, 5.41) is 2.75. The van der Waals surface area contributed by atoms with E-state index >= 15 is 0 Å². The van der Waals surface area contributed by atoms with Crippen molar-refractivity contribution < 1.29 is 9.18 Å². The zero-order chi connectivity index (χ0) is 14.3. The van der Waals surface area contributed by atoms with Gasteiger partial charge in [0.25, 0.3) is 5.91 Å². The summed E-state index contributed by atoms with van der Waals surface area (Å²) in [7, 11) is 0. The zero-order valence-electron chi connectivity index (χ0n) is 11.2. The summed E-state index contributed by atoms with van der Waals surface area (Å²) in [4.78, 5) is 12.3. The fourth-order valence-corrected chi connectivity index (χ4v) is 2.27. The maximum absolute atomic E-state index is 13.5. The first-order valence-electron chi connectivity index (χ1n) is 6.60. The lowest BCUT2D eigenvalue weighted by molar-refractivity contribution is 0.101. The Labute approximate surface area is 116 Å². The topological polar surface area (TPSA) is 60.1 Å². The molecular formula is C15H16FN3O. The molecular weight excluding hydrogens is 257 g/mol. The van der Waals surface area contributed by atoms with Crippen LogP contribution in [0.5, 0.6) is 0 Å². The summed E-state index contributed by atoms with van der Waals surface area (Å²) in [5.74, 6) is -0.595. The van der Waals surface area contributed by atoms with Crippen molar-refractivity contribution >= 4 is 17.3 Å². The number of nitrogens with two attached hydrogens (primary N) is 1. The molecule has 104 valence electrons. The standard InChI is InChI=1S/C15H16FN3O/c1-9-12(16)3-2-4-13(9)18-15(20)14-7-10(17)8-19(14)11-5-6-11/h2-4,7-8,11H,5-6,17H2,1H3,(H,18,20). The van der Waals surface area contributed by atoms with Crippen LogP contribution >= 0.6 is 0 Å². The van der Waals surface area contributed by atoms with Gasteiger partial charge in [-0.05, 0) is 38.0 Å². The van der Waals surface area contributed by atoms with Crippen molar-refractivity contribution in [1.82, 2.24) is 4.57 Å². The number of rotatable bonds is 3. The molecule has 0 aliphatic heterocycles. The number of carbonyl (C=O) groups excluding carboxylic acids is 1.